The molecule has 0 bridgehead atoms. The molecule has 1 aliphatic carbocycles. The van der Waals surface area contributed by atoms with Gasteiger partial charge in [0.2, 0.25) is 5.91 Å². The first-order valence-corrected chi connectivity index (χ1v) is 8.01. The third-order valence-electron chi connectivity index (χ3n) is 3.32. The summed E-state index contributed by atoms with van der Waals surface area (Å²) in [5, 5.41) is 8.16. The number of hydrogen-bond acceptors (Lipinski definition) is 4. The molecular weight excluding hydrogens is 313 g/mol. The van der Waals surface area contributed by atoms with E-state index in [-0.39, 0.29) is 11.7 Å². The van der Waals surface area contributed by atoms with Crippen LogP contribution in [0.15, 0.2) is 18.2 Å². The quantitative estimate of drug-likeness (QED) is 0.770. The van der Waals surface area contributed by atoms with E-state index >= 15 is 0 Å². The van der Waals surface area contributed by atoms with Crippen molar-refractivity contribution in [3.63, 3.8) is 0 Å². The molecule has 2 amide bonds. The first-order valence-electron chi connectivity index (χ1n) is 8.01. The molecule has 1 atom stereocenters. The van der Waals surface area contributed by atoms with Crippen molar-refractivity contribution in [2.45, 2.75) is 58.2 Å². The molecule has 0 spiro atoms. The Morgan fingerprint density at radius 3 is 2.54 bits per heavy atom. The molecule has 3 N–H and O–H groups in total. The van der Waals surface area contributed by atoms with Gasteiger partial charge >= 0.3 is 6.09 Å². The lowest BCUT2D eigenvalue weighted by atomic mass is 10.2. The Kier molecular flexibility index (Phi) is 5.31. The summed E-state index contributed by atoms with van der Waals surface area (Å²) in [6, 6.07) is 3.90. The molecule has 2 rings (SSSR count). The van der Waals surface area contributed by atoms with Gasteiger partial charge in [0.25, 0.3) is 0 Å². The number of carbonyl (C=O) groups is 2. The van der Waals surface area contributed by atoms with E-state index in [1.807, 2.05) is 0 Å². The topological polar surface area (TPSA) is 79.5 Å². The highest BCUT2D eigenvalue weighted by molar-refractivity contribution is 5.98. The molecule has 132 valence electrons. The SMILES string of the molecule is C[C@H](NC(=O)OC(C)(C)C)C(=O)Nc1cccc(F)c1NC1CC1. The minimum atomic E-state index is -0.822. The number of ether oxygens (including phenoxy) is 1. The maximum atomic E-state index is 14.0. The lowest BCUT2D eigenvalue weighted by Crippen LogP contribution is -2.44. The molecule has 0 heterocycles. The van der Waals surface area contributed by atoms with Gasteiger partial charge < -0.3 is 20.7 Å². The van der Waals surface area contributed by atoms with Gasteiger partial charge in [-0.1, -0.05) is 6.07 Å². The largest absolute Gasteiger partial charge is 0.444 e. The molecule has 1 aromatic rings. The Labute approximate surface area is 141 Å². The van der Waals surface area contributed by atoms with Crippen LogP contribution in [-0.2, 0) is 9.53 Å². The molecule has 1 aromatic carbocycles. The van der Waals surface area contributed by atoms with Crippen molar-refractivity contribution in [1.82, 2.24) is 5.32 Å². The highest BCUT2D eigenvalue weighted by atomic mass is 19.1. The minimum absolute atomic E-state index is 0.245. The van der Waals surface area contributed by atoms with Crippen molar-refractivity contribution in [1.29, 1.82) is 0 Å². The van der Waals surface area contributed by atoms with E-state index in [1.165, 1.54) is 19.1 Å². The second-order valence-electron chi connectivity index (χ2n) is 6.94. The molecule has 0 aliphatic heterocycles. The van der Waals surface area contributed by atoms with E-state index < -0.39 is 29.5 Å². The smallest absolute Gasteiger partial charge is 0.408 e. The average Bonchev–Trinajstić information content (AvgIpc) is 3.24. The van der Waals surface area contributed by atoms with Crippen LogP contribution in [0.5, 0.6) is 0 Å². The van der Waals surface area contributed by atoms with E-state index in [9.17, 15) is 14.0 Å². The van der Waals surface area contributed by atoms with Crippen LogP contribution in [0.1, 0.15) is 40.5 Å². The lowest BCUT2D eigenvalue weighted by Gasteiger charge is -2.22. The summed E-state index contributed by atoms with van der Waals surface area (Å²) in [4.78, 5) is 24.0. The van der Waals surface area contributed by atoms with Crippen LogP contribution in [0.2, 0.25) is 0 Å². The number of anilines is 2. The number of para-hydroxylation sites is 1. The van der Waals surface area contributed by atoms with Crippen molar-refractivity contribution in [2.24, 2.45) is 0 Å². The fourth-order valence-electron chi connectivity index (χ4n) is 2.00. The first kappa shape index (κ1) is 18.0. The number of alkyl carbamates (subject to hydrolysis) is 1. The zero-order valence-electron chi connectivity index (χ0n) is 14.4. The first-order chi connectivity index (χ1) is 11.2. The maximum Gasteiger partial charge on any atom is 0.408 e. The number of hydrogen-bond donors (Lipinski definition) is 3. The standard InChI is InChI=1S/C17H24FN3O3/c1-10(19-16(23)24-17(2,3)4)15(22)21-13-7-5-6-12(18)14(13)20-11-8-9-11/h5-7,10-11,20H,8-9H2,1-4H3,(H,19,23)(H,21,22)/t10-/m0/s1. The Balaban J connectivity index is 1.98. The van der Waals surface area contributed by atoms with Crippen LogP contribution in [0.4, 0.5) is 20.6 Å². The Morgan fingerprint density at radius 2 is 1.96 bits per heavy atom. The predicted octanol–water partition coefficient (Wildman–Crippen LogP) is 3.25. The number of nitrogens with one attached hydrogen (secondary N) is 3. The van der Waals surface area contributed by atoms with Gasteiger partial charge in [-0.3, -0.25) is 4.79 Å². The molecule has 0 aromatic heterocycles. The molecule has 24 heavy (non-hydrogen) atoms. The summed E-state index contributed by atoms with van der Waals surface area (Å²) in [6.07, 6.45) is 1.29. The van der Waals surface area contributed by atoms with Crippen molar-refractivity contribution in [2.75, 3.05) is 10.6 Å². The molecule has 1 aliphatic rings. The summed E-state index contributed by atoms with van der Waals surface area (Å²) < 4.78 is 19.1. The van der Waals surface area contributed by atoms with Gasteiger partial charge in [0.1, 0.15) is 17.5 Å². The number of carbonyl (C=O) groups excluding carboxylic acids is 2. The van der Waals surface area contributed by atoms with Crippen molar-refractivity contribution >= 4 is 23.4 Å². The van der Waals surface area contributed by atoms with E-state index in [4.69, 9.17) is 4.74 Å². The number of amides is 2. The molecule has 0 radical (unpaired) electrons. The van der Waals surface area contributed by atoms with Gasteiger partial charge in [-0.25, -0.2) is 9.18 Å². The van der Waals surface area contributed by atoms with Crippen LogP contribution in [-0.4, -0.2) is 29.7 Å². The summed E-state index contributed by atoms with van der Waals surface area (Å²) >= 11 is 0. The van der Waals surface area contributed by atoms with Gasteiger partial charge in [-0.05, 0) is 52.7 Å². The van der Waals surface area contributed by atoms with Gasteiger partial charge in [0, 0.05) is 6.04 Å². The van der Waals surface area contributed by atoms with Crippen molar-refractivity contribution in [3.05, 3.63) is 24.0 Å². The fraction of sp³-hybridized carbons (Fsp3) is 0.529. The molecule has 7 heteroatoms. The van der Waals surface area contributed by atoms with Gasteiger partial charge in [-0.2, -0.15) is 0 Å². The Bertz CT molecular complexity index is 624. The third-order valence-corrected chi connectivity index (χ3v) is 3.32. The normalized spacial score (nSPS) is 15.4. The van der Waals surface area contributed by atoms with Gasteiger partial charge in [-0.15, -0.1) is 0 Å². The fourth-order valence-corrected chi connectivity index (χ4v) is 2.00. The van der Waals surface area contributed by atoms with E-state index in [0.29, 0.717) is 5.69 Å². The summed E-state index contributed by atoms with van der Waals surface area (Å²) in [5.74, 6) is -0.877. The minimum Gasteiger partial charge on any atom is -0.444 e. The zero-order chi connectivity index (χ0) is 17.9. The van der Waals surface area contributed by atoms with E-state index in [2.05, 4.69) is 16.0 Å². The highest BCUT2D eigenvalue weighted by Crippen LogP contribution is 2.31. The van der Waals surface area contributed by atoms with Crippen LogP contribution in [0, 0.1) is 5.82 Å². The lowest BCUT2D eigenvalue weighted by molar-refractivity contribution is -0.117. The Morgan fingerprint density at radius 1 is 1.29 bits per heavy atom. The second kappa shape index (κ2) is 7.07. The summed E-state index contributed by atoms with van der Waals surface area (Å²) in [5.41, 5.74) is -0.0213. The number of benzene rings is 1. The molecule has 1 fully saturated rings. The summed E-state index contributed by atoms with van der Waals surface area (Å²) in [7, 11) is 0. The van der Waals surface area contributed by atoms with Crippen LogP contribution in [0.3, 0.4) is 0 Å². The van der Waals surface area contributed by atoms with Crippen molar-refractivity contribution in [3.8, 4) is 0 Å². The average molecular weight is 337 g/mol. The molecule has 0 unspecified atom stereocenters. The summed E-state index contributed by atoms with van der Waals surface area (Å²) in [6.45, 7) is 6.74. The molecular formula is C17H24FN3O3. The van der Waals surface area contributed by atoms with Gasteiger partial charge in [0.05, 0.1) is 11.4 Å². The zero-order valence-corrected chi connectivity index (χ0v) is 14.4. The van der Waals surface area contributed by atoms with Gasteiger partial charge in [0.15, 0.2) is 0 Å². The second-order valence-corrected chi connectivity index (χ2v) is 6.94. The van der Waals surface area contributed by atoms with Crippen LogP contribution in [0.25, 0.3) is 0 Å². The van der Waals surface area contributed by atoms with Crippen LogP contribution < -0.4 is 16.0 Å². The molecule has 1 saturated carbocycles. The van der Waals surface area contributed by atoms with E-state index in [1.54, 1.807) is 26.8 Å². The number of halogens is 1. The molecule has 0 saturated heterocycles. The number of rotatable bonds is 5. The van der Waals surface area contributed by atoms with E-state index in [0.717, 1.165) is 12.8 Å². The Hall–Kier alpha value is -2.31. The highest BCUT2D eigenvalue weighted by Gasteiger charge is 2.25. The van der Waals surface area contributed by atoms with Crippen molar-refractivity contribution < 1.29 is 18.7 Å². The monoisotopic (exact) mass is 337 g/mol. The molecule has 6 nitrogen and oxygen atoms in total. The third kappa shape index (κ3) is 5.40. The van der Waals surface area contributed by atoms with Crippen LogP contribution >= 0.6 is 0 Å². The maximum absolute atomic E-state index is 14.0. The predicted molar refractivity (Wildman–Crippen MR) is 90.5 cm³/mol.